The first kappa shape index (κ1) is 31.3. The maximum Gasteiger partial charge on any atom is 0.416 e. The molecule has 0 radical (unpaired) electrons. The molecule has 234 valence electrons. The predicted octanol–water partition coefficient (Wildman–Crippen LogP) is 4.99. The molecule has 45 heavy (non-hydrogen) atoms. The van der Waals surface area contributed by atoms with E-state index in [0.29, 0.717) is 0 Å². The van der Waals surface area contributed by atoms with Crippen LogP contribution in [0.1, 0.15) is 34.7 Å². The number of benzene rings is 3. The number of rotatable bonds is 10. The molecule has 2 saturated heterocycles. The molecule has 1 N–H and O–H groups in total. The van der Waals surface area contributed by atoms with Crippen molar-refractivity contribution in [2.24, 2.45) is 0 Å². The molecule has 4 atom stereocenters. The zero-order valence-corrected chi connectivity index (χ0v) is 24.1. The molecule has 5 rings (SSSR count). The minimum atomic E-state index is -4.59. The van der Waals surface area contributed by atoms with E-state index in [1.807, 2.05) is 36.4 Å². The molecular formula is C33H30F3N3O6. The highest BCUT2D eigenvalue weighted by atomic mass is 19.4. The summed E-state index contributed by atoms with van der Waals surface area (Å²) < 4.78 is 45.2. The Hall–Kier alpha value is -5.13. The summed E-state index contributed by atoms with van der Waals surface area (Å²) in [5.74, 6) is -2.78. The number of cyclic esters (lactones) is 1. The Labute approximate surface area is 257 Å². The summed E-state index contributed by atoms with van der Waals surface area (Å²) in [5.41, 5.74) is 0.787. The van der Waals surface area contributed by atoms with Crippen LogP contribution in [0.3, 0.4) is 0 Å². The summed E-state index contributed by atoms with van der Waals surface area (Å²) in [6.07, 6.45) is -2.71. The molecule has 2 aliphatic rings. The molecule has 0 spiro atoms. The molecule has 0 saturated carbocycles. The van der Waals surface area contributed by atoms with Gasteiger partial charge in [-0.15, -0.1) is 0 Å². The number of hydrogen-bond acceptors (Lipinski definition) is 5. The van der Waals surface area contributed by atoms with E-state index in [0.717, 1.165) is 33.1 Å². The second-order valence-corrected chi connectivity index (χ2v) is 10.9. The smallest absolute Gasteiger partial charge is 0.416 e. The molecule has 2 fully saturated rings. The normalized spacial score (nSPS) is 20.6. The second-order valence-electron chi connectivity index (χ2n) is 10.9. The molecule has 3 unspecified atom stereocenters. The van der Waals surface area contributed by atoms with E-state index in [-0.39, 0.29) is 18.7 Å². The maximum absolute atomic E-state index is 13.9. The fraction of sp³-hybridized carbons (Fsp3) is 0.273. The number of carboxylic acid groups (broad SMARTS) is 1. The number of carbonyl (C=O) groups is 4. The fourth-order valence-corrected chi connectivity index (χ4v) is 5.73. The quantitative estimate of drug-likeness (QED) is 0.320. The van der Waals surface area contributed by atoms with Crippen LogP contribution in [0.2, 0.25) is 0 Å². The third-order valence-corrected chi connectivity index (χ3v) is 7.87. The molecular weight excluding hydrogens is 591 g/mol. The van der Waals surface area contributed by atoms with Crippen molar-refractivity contribution in [1.29, 1.82) is 0 Å². The van der Waals surface area contributed by atoms with Crippen LogP contribution in [0.4, 0.5) is 18.0 Å². The Morgan fingerprint density at radius 2 is 1.69 bits per heavy atom. The zero-order valence-electron chi connectivity index (χ0n) is 24.1. The average molecular weight is 622 g/mol. The number of β-lactam (4-membered cyclic amide) rings is 1. The Balaban J connectivity index is 1.47. The number of carboxylic acids is 1. The number of ether oxygens (including phenoxy) is 1. The van der Waals surface area contributed by atoms with Crippen molar-refractivity contribution in [3.8, 4) is 0 Å². The summed E-state index contributed by atoms with van der Waals surface area (Å²) in [6, 6.07) is 18.4. The highest BCUT2D eigenvalue weighted by Crippen LogP contribution is 2.39. The van der Waals surface area contributed by atoms with Crippen molar-refractivity contribution in [3.63, 3.8) is 0 Å². The van der Waals surface area contributed by atoms with Gasteiger partial charge in [0.1, 0.15) is 18.7 Å². The number of likely N-dealkylation sites (N-methyl/N-ethyl adjacent to an activating group) is 1. The lowest BCUT2D eigenvalue weighted by atomic mass is 9.87. The maximum atomic E-state index is 13.9. The van der Waals surface area contributed by atoms with Gasteiger partial charge in [0.25, 0.3) is 0 Å². The highest BCUT2D eigenvalue weighted by molar-refractivity contribution is 5.99. The van der Waals surface area contributed by atoms with Crippen LogP contribution in [0.5, 0.6) is 0 Å². The van der Waals surface area contributed by atoms with E-state index >= 15 is 0 Å². The number of nitrogens with zero attached hydrogens (tertiary/aromatic N) is 3. The van der Waals surface area contributed by atoms with E-state index in [2.05, 4.69) is 0 Å². The zero-order chi connectivity index (χ0) is 32.3. The third-order valence-electron chi connectivity index (χ3n) is 7.87. The van der Waals surface area contributed by atoms with Crippen molar-refractivity contribution in [3.05, 3.63) is 113 Å². The summed E-state index contributed by atoms with van der Waals surface area (Å²) in [6.45, 7) is -0.262. The van der Waals surface area contributed by atoms with Gasteiger partial charge in [0.2, 0.25) is 11.8 Å². The first-order valence-electron chi connectivity index (χ1n) is 14.1. The van der Waals surface area contributed by atoms with Gasteiger partial charge in [-0.05, 0) is 28.8 Å². The van der Waals surface area contributed by atoms with Gasteiger partial charge >= 0.3 is 18.2 Å². The lowest BCUT2D eigenvalue weighted by Gasteiger charge is -2.52. The third kappa shape index (κ3) is 6.69. The van der Waals surface area contributed by atoms with Crippen LogP contribution < -0.4 is 0 Å². The summed E-state index contributed by atoms with van der Waals surface area (Å²) in [5, 5.41) is 9.75. The fourth-order valence-electron chi connectivity index (χ4n) is 5.73. The Bertz CT molecular complexity index is 1600. The predicted molar refractivity (Wildman–Crippen MR) is 156 cm³/mol. The minimum absolute atomic E-state index is 0.00103. The molecule has 2 heterocycles. The van der Waals surface area contributed by atoms with E-state index < -0.39 is 66.2 Å². The standard InChI is InChI=1S/C33H30F3N3O6/c1-37(19-22-11-8-14-24(17-22)33(34,35)36)30(42)26(18-28(40)41)38-25(16-15-21-9-4-2-5-10-21)29(31(38)43)39-27(20-45-32(39)44)23-12-6-3-7-13-23/h2-17,25-27,29H,18-20H2,1H3,(H,40,41)/t25?,26?,27-,29?/m1/s1. The topological polar surface area (TPSA) is 107 Å². The van der Waals surface area contributed by atoms with Crippen LogP contribution in [0.25, 0.3) is 6.08 Å². The molecule has 0 aromatic heterocycles. The molecule has 3 aromatic rings. The van der Waals surface area contributed by atoms with E-state index in [4.69, 9.17) is 4.74 Å². The summed E-state index contributed by atoms with van der Waals surface area (Å²) in [4.78, 5) is 56.2. The first-order valence-corrected chi connectivity index (χ1v) is 14.1. The van der Waals surface area contributed by atoms with Gasteiger partial charge in [0, 0.05) is 13.6 Å². The largest absolute Gasteiger partial charge is 0.481 e. The van der Waals surface area contributed by atoms with Crippen molar-refractivity contribution in [2.75, 3.05) is 13.7 Å². The van der Waals surface area contributed by atoms with E-state index in [9.17, 15) is 37.5 Å². The lowest BCUT2D eigenvalue weighted by molar-refractivity contribution is -0.167. The minimum Gasteiger partial charge on any atom is -0.481 e. The SMILES string of the molecule is CN(Cc1cccc(C(F)(F)F)c1)C(=O)C(CC(=O)O)N1C(=O)C(N2C(=O)OC[C@@H]2c2ccccc2)C1C=Cc1ccccc1. The van der Waals surface area contributed by atoms with Crippen LogP contribution in [-0.4, -0.2) is 75.5 Å². The van der Waals surface area contributed by atoms with Crippen molar-refractivity contribution in [2.45, 2.75) is 43.3 Å². The van der Waals surface area contributed by atoms with Gasteiger partial charge in [-0.2, -0.15) is 13.2 Å². The summed E-state index contributed by atoms with van der Waals surface area (Å²) in [7, 11) is 1.33. The molecule has 2 aliphatic heterocycles. The summed E-state index contributed by atoms with van der Waals surface area (Å²) >= 11 is 0. The number of hydrogen-bond donors (Lipinski definition) is 1. The molecule has 3 aromatic carbocycles. The number of alkyl halides is 3. The van der Waals surface area contributed by atoms with Crippen molar-refractivity contribution in [1.82, 2.24) is 14.7 Å². The molecule has 12 heteroatoms. The van der Waals surface area contributed by atoms with Crippen LogP contribution in [-0.2, 0) is 31.8 Å². The van der Waals surface area contributed by atoms with Crippen molar-refractivity contribution < 1.29 is 42.2 Å². The van der Waals surface area contributed by atoms with Crippen LogP contribution in [0.15, 0.2) is 91.0 Å². The Morgan fingerprint density at radius 3 is 2.33 bits per heavy atom. The molecule has 0 aliphatic carbocycles. The molecule has 0 bridgehead atoms. The van der Waals surface area contributed by atoms with Gasteiger partial charge in [-0.25, -0.2) is 4.79 Å². The van der Waals surface area contributed by atoms with Gasteiger partial charge in [0.05, 0.1) is 24.1 Å². The molecule has 9 nitrogen and oxygen atoms in total. The Kier molecular flexibility index (Phi) is 8.94. The molecule has 3 amide bonds. The number of halogens is 3. The number of aliphatic carboxylic acids is 1. The number of amides is 3. The van der Waals surface area contributed by atoms with Gasteiger partial charge in [-0.1, -0.05) is 84.9 Å². The lowest BCUT2D eigenvalue weighted by Crippen LogP contribution is -2.74. The highest BCUT2D eigenvalue weighted by Gasteiger charge is 2.58. The number of likely N-dealkylation sites (tertiary alicyclic amines) is 1. The van der Waals surface area contributed by atoms with Gasteiger partial charge in [-0.3, -0.25) is 19.3 Å². The van der Waals surface area contributed by atoms with Gasteiger partial charge in [0.15, 0.2) is 0 Å². The van der Waals surface area contributed by atoms with E-state index in [1.54, 1.807) is 36.4 Å². The first-order chi connectivity index (χ1) is 21.5. The average Bonchev–Trinajstić information content (AvgIpc) is 3.39. The van der Waals surface area contributed by atoms with Crippen molar-refractivity contribution >= 4 is 30.0 Å². The number of carbonyl (C=O) groups excluding carboxylic acids is 3. The Morgan fingerprint density at radius 1 is 1.02 bits per heavy atom. The van der Waals surface area contributed by atoms with Crippen LogP contribution in [0, 0.1) is 0 Å². The van der Waals surface area contributed by atoms with E-state index in [1.165, 1.54) is 24.1 Å². The van der Waals surface area contributed by atoms with Crippen LogP contribution >= 0.6 is 0 Å². The van der Waals surface area contributed by atoms with Gasteiger partial charge < -0.3 is 19.6 Å². The monoisotopic (exact) mass is 621 g/mol. The second kappa shape index (κ2) is 12.8.